The first-order valence-corrected chi connectivity index (χ1v) is 5.13. The molecular formula is C12H18N2O2. The maximum atomic E-state index is 11.3. The summed E-state index contributed by atoms with van der Waals surface area (Å²) in [7, 11) is 3.29. The van der Waals surface area contributed by atoms with Gasteiger partial charge < -0.3 is 15.8 Å². The van der Waals surface area contributed by atoms with E-state index in [2.05, 4.69) is 5.32 Å². The third kappa shape index (κ3) is 2.33. The molecule has 4 nitrogen and oxygen atoms in total. The highest BCUT2D eigenvalue weighted by atomic mass is 16.5. The number of amides is 1. The number of aryl methyl sites for hydroxylation is 2. The maximum absolute atomic E-state index is 11.3. The molecule has 0 aliphatic heterocycles. The number of hydrogen-bond donors (Lipinski definition) is 2. The summed E-state index contributed by atoms with van der Waals surface area (Å²) in [5, 5.41) is 2.90. The number of carbonyl (C=O) groups is 1. The minimum Gasteiger partial charge on any atom is -0.496 e. The topological polar surface area (TPSA) is 64.3 Å². The molecule has 0 saturated heterocycles. The maximum Gasteiger partial charge on any atom is 0.239 e. The van der Waals surface area contributed by atoms with Crippen LogP contribution in [0.2, 0.25) is 0 Å². The van der Waals surface area contributed by atoms with E-state index in [9.17, 15) is 4.79 Å². The smallest absolute Gasteiger partial charge is 0.239 e. The van der Waals surface area contributed by atoms with Crippen LogP contribution in [0.4, 0.5) is 0 Å². The Morgan fingerprint density at radius 1 is 1.44 bits per heavy atom. The van der Waals surface area contributed by atoms with Crippen LogP contribution in [0.25, 0.3) is 0 Å². The number of rotatable bonds is 4. The van der Waals surface area contributed by atoms with E-state index >= 15 is 0 Å². The fraction of sp³-hybridized carbons (Fsp3) is 0.417. The lowest BCUT2D eigenvalue weighted by atomic mass is 9.97. The third-order valence-electron chi connectivity index (χ3n) is 2.58. The molecule has 4 heteroatoms. The molecule has 0 heterocycles. The fourth-order valence-corrected chi connectivity index (χ4v) is 1.91. The van der Waals surface area contributed by atoms with Crippen molar-refractivity contribution in [1.29, 1.82) is 0 Å². The van der Waals surface area contributed by atoms with Gasteiger partial charge in [0.2, 0.25) is 5.91 Å². The molecule has 3 N–H and O–H groups in total. The lowest BCUT2D eigenvalue weighted by molar-refractivity contribution is -0.120. The second-order valence-electron chi connectivity index (χ2n) is 3.82. The quantitative estimate of drug-likeness (QED) is 0.800. The van der Waals surface area contributed by atoms with E-state index < -0.39 is 11.9 Å². The number of methoxy groups -OCH3 is 1. The van der Waals surface area contributed by atoms with Crippen LogP contribution in [0, 0.1) is 13.8 Å². The van der Waals surface area contributed by atoms with Crippen LogP contribution >= 0.6 is 0 Å². The van der Waals surface area contributed by atoms with Crippen molar-refractivity contribution in [2.75, 3.05) is 14.2 Å². The Labute approximate surface area is 95.8 Å². The summed E-state index contributed by atoms with van der Waals surface area (Å²) >= 11 is 0. The SMILES string of the molecule is CNC(C(N)=O)c1c(C)cc(C)cc1OC. The van der Waals surface area contributed by atoms with Crippen molar-refractivity contribution in [2.24, 2.45) is 5.73 Å². The molecule has 0 saturated carbocycles. The molecule has 0 bridgehead atoms. The van der Waals surface area contributed by atoms with Gasteiger partial charge in [0.25, 0.3) is 0 Å². The molecule has 1 unspecified atom stereocenters. The predicted octanol–water partition coefficient (Wildman–Crippen LogP) is 1.06. The number of primary amides is 1. The van der Waals surface area contributed by atoms with Crippen molar-refractivity contribution < 1.29 is 9.53 Å². The summed E-state index contributed by atoms with van der Waals surface area (Å²) in [6, 6.07) is 3.39. The van der Waals surface area contributed by atoms with E-state index in [1.165, 1.54) is 0 Å². The lowest BCUT2D eigenvalue weighted by Crippen LogP contribution is -2.32. The molecule has 1 rings (SSSR count). The highest BCUT2D eigenvalue weighted by Gasteiger charge is 2.22. The van der Waals surface area contributed by atoms with E-state index in [0.29, 0.717) is 5.75 Å². The summed E-state index contributed by atoms with van der Waals surface area (Å²) in [6.45, 7) is 3.93. The van der Waals surface area contributed by atoms with Gasteiger partial charge in [0.15, 0.2) is 0 Å². The first-order valence-electron chi connectivity index (χ1n) is 5.13. The van der Waals surface area contributed by atoms with Crippen LogP contribution in [0.15, 0.2) is 12.1 Å². The highest BCUT2D eigenvalue weighted by Crippen LogP contribution is 2.29. The zero-order valence-corrected chi connectivity index (χ0v) is 10.1. The normalized spacial score (nSPS) is 12.2. The minimum absolute atomic E-state index is 0.409. The average molecular weight is 222 g/mol. The van der Waals surface area contributed by atoms with Gasteiger partial charge in [-0.05, 0) is 38.1 Å². The first-order chi connectivity index (χ1) is 7.51. The van der Waals surface area contributed by atoms with Crippen molar-refractivity contribution >= 4 is 5.91 Å². The Morgan fingerprint density at radius 2 is 2.06 bits per heavy atom. The van der Waals surface area contributed by atoms with Gasteiger partial charge in [-0.15, -0.1) is 0 Å². The van der Waals surface area contributed by atoms with E-state index in [-0.39, 0.29) is 0 Å². The monoisotopic (exact) mass is 222 g/mol. The zero-order valence-electron chi connectivity index (χ0n) is 10.1. The Balaban J connectivity index is 3.35. The summed E-state index contributed by atoms with van der Waals surface area (Å²) in [5.41, 5.74) is 8.25. The van der Waals surface area contributed by atoms with Crippen molar-refractivity contribution in [1.82, 2.24) is 5.32 Å². The summed E-state index contributed by atoms with van der Waals surface area (Å²) in [6.07, 6.45) is 0. The van der Waals surface area contributed by atoms with Crippen LogP contribution < -0.4 is 15.8 Å². The molecule has 0 aromatic heterocycles. The average Bonchev–Trinajstić information content (AvgIpc) is 2.21. The summed E-state index contributed by atoms with van der Waals surface area (Å²) in [5.74, 6) is 0.281. The Bertz CT molecular complexity index is 402. The number of hydrogen-bond acceptors (Lipinski definition) is 3. The Hall–Kier alpha value is -1.55. The van der Waals surface area contributed by atoms with Gasteiger partial charge in [-0.1, -0.05) is 6.07 Å². The molecule has 0 aliphatic rings. The zero-order chi connectivity index (χ0) is 12.3. The van der Waals surface area contributed by atoms with Crippen LogP contribution in [-0.2, 0) is 4.79 Å². The van der Waals surface area contributed by atoms with Crippen molar-refractivity contribution in [3.8, 4) is 5.75 Å². The van der Waals surface area contributed by atoms with Crippen molar-refractivity contribution in [3.05, 3.63) is 28.8 Å². The van der Waals surface area contributed by atoms with Crippen LogP contribution in [0.3, 0.4) is 0 Å². The van der Waals surface area contributed by atoms with Crippen LogP contribution in [0.5, 0.6) is 5.75 Å². The van der Waals surface area contributed by atoms with E-state index in [4.69, 9.17) is 10.5 Å². The first kappa shape index (κ1) is 12.5. The standard InChI is InChI=1S/C12H18N2O2/c1-7-5-8(2)10(9(6-7)16-4)11(14-3)12(13)15/h5-6,11,14H,1-4H3,(H2,13,15). The molecule has 0 spiro atoms. The highest BCUT2D eigenvalue weighted by molar-refractivity contribution is 5.82. The van der Waals surface area contributed by atoms with E-state index in [0.717, 1.165) is 16.7 Å². The minimum atomic E-state index is -0.518. The number of nitrogens with two attached hydrogens (primary N) is 1. The molecule has 1 amide bonds. The fourth-order valence-electron chi connectivity index (χ4n) is 1.91. The largest absolute Gasteiger partial charge is 0.496 e. The number of benzene rings is 1. The molecule has 1 aromatic rings. The molecule has 1 atom stereocenters. The van der Waals surface area contributed by atoms with Gasteiger partial charge >= 0.3 is 0 Å². The van der Waals surface area contributed by atoms with Gasteiger partial charge in [-0.3, -0.25) is 4.79 Å². The Kier molecular flexibility index (Phi) is 3.90. The van der Waals surface area contributed by atoms with Gasteiger partial charge in [-0.25, -0.2) is 0 Å². The number of likely N-dealkylation sites (N-methyl/N-ethyl adjacent to an activating group) is 1. The number of carbonyl (C=O) groups excluding carboxylic acids is 1. The molecule has 0 aliphatic carbocycles. The molecule has 0 fully saturated rings. The molecule has 0 radical (unpaired) electrons. The second kappa shape index (κ2) is 4.99. The van der Waals surface area contributed by atoms with Gasteiger partial charge in [0, 0.05) is 5.56 Å². The Morgan fingerprint density at radius 3 is 2.50 bits per heavy atom. The lowest BCUT2D eigenvalue weighted by Gasteiger charge is -2.19. The van der Waals surface area contributed by atoms with E-state index in [1.807, 2.05) is 26.0 Å². The number of nitrogens with one attached hydrogen (secondary N) is 1. The van der Waals surface area contributed by atoms with Gasteiger partial charge in [-0.2, -0.15) is 0 Å². The number of ether oxygens (including phenoxy) is 1. The summed E-state index contributed by atoms with van der Waals surface area (Å²) in [4.78, 5) is 11.3. The molecule has 1 aromatic carbocycles. The predicted molar refractivity (Wildman–Crippen MR) is 63.5 cm³/mol. The van der Waals surface area contributed by atoms with Crippen LogP contribution in [-0.4, -0.2) is 20.1 Å². The molecule has 88 valence electrons. The van der Waals surface area contributed by atoms with Gasteiger partial charge in [0.1, 0.15) is 11.8 Å². The molecule has 16 heavy (non-hydrogen) atoms. The van der Waals surface area contributed by atoms with Crippen molar-refractivity contribution in [2.45, 2.75) is 19.9 Å². The van der Waals surface area contributed by atoms with Crippen molar-refractivity contribution in [3.63, 3.8) is 0 Å². The molecular weight excluding hydrogens is 204 g/mol. The van der Waals surface area contributed by atoms with Gasteiger partial charge in [0.05, 0.1) is 7.11 Å². The third-order valence-corrected chi connectivity index (χ3v) is 2.58. The van der Waals surface area contributed by atoms with Crippen LogP contribution in [0.1, 0.15) is 22.7 Å². The summed E-state index contributed by atoms with van der Waals surface area (Å²) < 4.78 is 5.29. The van der Waals surface area contributed by atoms with E-state index in [1.54, 1.807) is 14.2 Å². The second-order valence-corrected chi connectivity index (χ2v) is 3.82.